The first-order valence-electron chi connectivity index (χ1n) is 10.1. The summed E-state index contributed by atoms with van der Waals surface area (Å²) >= 11 is 6.09. The lowest BCUT2D eigenvalue weighted by Gasteiger charge is -2.18. The van der Waals surface area contributed by atoms with Gasteiger partial charge in [-0.05, 0) is 85.8 Å². The Morgan fingerprint density at radius 3 is 2.23 bits per heavy atom. The van der Waals surface area contributed by atoms with E-state index < -0.39 is 0 Å². The minimum atomic E-state index is -0.384. The SMILES string of the molecule is Cc1cccc(NC2=C(c3ccc(C)c(C)c3)C(=O)N(c3ccc(Cl)cc3C)C2=O)c1. The molecule has 3 aromatic carbocycles. The third-order valence-corrected chi connectivity index (χ3v) is 5.80. The molecule has 4 nitrogen and oxygen atoms in total. The Labute approximate surface area is 187 Å². The number of hydrogen-bond donors (Lipinski definition) is 1. The lowest BCUT2D eigenvalue weighted by Crippen LogP contribution is -2.33. The summed E-state index contributed by atoms with van der Waals surface area (Å²) < 4.78 is 0. The summed E-state index contributed by atoms with van der Waals surface area (Å²) in [4.78, 5) is 28.4. The second-order valence-corrected chi connectivity index (χ2v) is 8.36. The monoisotopic (exact) mass is 430 g/mol. The van der Waals surface area contributed by atoms with Crippen molar-refractivity contribution in [3.05, 3.63) is 99.2 Å². The van der Waals surface area contributed by atoms with Crippen LogP contribution >= 0.6 is 11.6 Å². The smallest absolute Gasteiger partial charge is 0.282 e. The molecule has 5 heteroatoms. The van der Waals surface area contributed by atoms with E-state index in [9.17, 15) is 9.59 Å². The lowest BCUT2D eigenvalue weighted by atomic mass is 9.99. The molecule has 0 aromatic heterocycles. The highest BCUT2D eigenvalue weighted by Gasteiger charge is 2.40. The van der Waals surface area contributed by atoms with Crippen LogP contribution in [0.1, 0.15) is 27.8 Å². The van der Waals surface area contributed by atoms with Gasteiger partial charge in [-0.25, -0.2) is 4.90 Å². The van der Waals surface area contributed by atoms with Crippen molar-refractivity contribution < 1.29 is 9.59 Å². The van der Waals surface area contributed by atoms with Crippen LogP contribution in [0.3, 0.4) is 0 Å². The van der Waals surface area contributed by atoms with Crippen LogP contribution in [0.15, 0.2) is 66.4 Å². The molecule has 1 aliphatic heterocycles. The number of hydrogen-bond acceptors (Lipinski definition) is 3. The summed E-state index contributed by atoms with van der Waals surface area (Å²) in [5.41, 5.74) is 6.63. The number of carbonyl (C=O) groups is 2. The van der Waals surface area contributed by atoms with E-state index in [1.807, 2.05) is 70.2 Å². The minimum absolute atomic E-state index is 0.271. The van der Waals surface area contributed by atoms with E-state index in [0.29, 0.717) is 21.8 Å². The van der Waals surface area contributed by atoms with Crippen molar-refractivity contribution in [2.24, 2.45) is 0 Å². The fourth-order valence-electron chi connectivity index (χ4n) is 3.77. The number of nitrogens with one attached hydrogen (secondary N) is 1. The largest absolute Gasteiger partial charge is 0.350 e. The topological polar surface area (TPSA) is 49.4 Å². The zero-order valence-electron chi connectivity index (χ0n) is 17.9. The molecule has 0 atom stereocenters. The molecule has 0 fully saturated rings. The summed E-state index contributed by atoms with van der Waals surface area (Å²) in [5, 5.41) is 3.77. The average Bonchev–Trinajstić information content (AvgIpc) is 2.94. The van der Waals surface area contributed by atoms with Crippen molar-refractivity contribution in [2.75, 3.05) is 10.2 Å². The molecular formula is C26H23ClN2O2. The molecule has 0 bridgehead atoms. The maximum atomic E-state index is 13.6. The maximum absolute atomic E-state index is 13.6. The molecule has 0 saturated heterocycles. The summed E-state index contributed by atoms with van der Waals surface area (Å²) in [5.74, 6) is -0.737. The molecule has 31 heavy (non-hydrogen) atoms. The summed E-state index contributed by atoms with van der Waals surface area (Å²) in [6.45, 7) is 7.83. The minimum Gasteiger partial charge on any atom is -0.350 e. The predicted molar refractivity (Wildman–Crippen MR) is 126 cm³/mol. The Kier molecular flexibility index (Phi) is 5.42. The first-order chi connectivity index (χ1) is 14.8. The molecule has 0 saturated carbocycles. The molecule has 1 heterocycles. The van der Waals surface area contributed by atoms with Gasteiger partial charge in [0.15, 0.2) is 0 Å². The summed E-state index contributed by atoms with van der Waals surface area (Å²) in [6.07, 6.45) is 0. The summed E-state index contributed by atoms with van der Waals surface area (Å²) in [6, 6.07) is 18.7. The van der Waals surface area contributed by atoms with E-state index >= 15 is 0 Å². The molecule has 0 aliphatic carbocycles. The molecule has 2 amide bonds. The number of imide groups is 1. The zero-order valence-corrected chi connectivity index (χ0v) is 18.7. The number of rotatable bonds is 4. The Morgan fingerprint density at radius 1 is 0.774 bits per heavy atom. The van der Waals surface area contributed by atoms with Gasteiger partial charge in [-0.15, -0.1) is 0 Å². The number of halogens is 1. The fourth-order valence-corrected chi connectivity index (χ4v) is 3.99. The van der Waals surface area contributed by atoms with Gasteiger partial charge in [0.05, 0.1) is 11.3 Å². The van der Waals surface area contributed by atoms with E-state index in [0.717, 1.165) is 27.9 Å². The lowest BCUT2D eigenvalue weighted by molar-refractivity contribution is -0.120. The number of benzene rings is 3. The third-order valence-electron chi connectivity index (χ3n) is 5.57. The molecule has 156 valence electrons. The normalized spacial score (nSPS) is 13.9. The van der Waals surface area contributed by atoms with E-state index in [-0.39, 0.29) is 17.5 Å². The predicted octanol–water partition coefficient (Wildman–Crippen LogP) is 5.97. The van der Waals surface area contributed by atoms with Crippen LogP contribution in [0.2, 0.25) is 5.02 Å². The van der Waals surface area contributed by atoms with Crippen molar-refractivity contribution in [1.29, 1.82) is 0 Å². The number of nitrogens with zero attached hydrogens (tertiary/aromatic N) is 1. The first-order valence-corrected chi connectivity index (χ1v) is 10.4. The highest BCUT2D eigenvalue weighted by Crippen LogP contribution is 2.36. The first kappa shape index (κ1) is 20.9. The third kappa shape index (κ3) is 3.87. The van der Waals surface area contributed by atoms with E-state index in [1.54, 1.807) is 18.2 Å². The number of amides is 2. The van der Waals surface area contributed by atoms with Gasteiger partial charge in [0.25, 0.3) is 11.8 Å². The molecule has 0 radical (unpaired) electrons. The van der Waals surface area contributed by atoms with E-state index in [4.69, 9.17) is 11.6 Å². The van der Waals surface area contributed by atoms with E-state index in [2.05, 4.69) is 5.32 Å². The molecular weight excluding hydrogens is 408 g/mol. The van der Waals surface area contributed by atoms with Gasteiger partial charge in [-0.2, -0.15) is 0 Å². The second kappa shape index (κ2) is 8.05. The van der Waals surface area contributed by atoms with Crippen LogP contribution in [0.5, 0.6) is 0 Å². The van der Waals surface area contributed by atoms with Crippen LogP contribution in [0.4, 0.5) is 11.4 Å². The molecule has 4 rings (SSSR count). The van der Waals surface area contributed by atoms with Crippen LogP contribution < -0.4 is 10.2 Å². The van der Waals surface area contributed by atoms with Crippen LogP contribution in [0.25, 0.3) is 5.57 Å². The average molecular weight is 431 g/mol. The summed E-state index contributed by atoms with van der Waals surface area (Å²) in [7, 11) is 0. The Morgan fingerprint density at radius 2 is 1.55 bits per heavy atom. The molecule has 1 N–H and O–H groups in total. The Balaban J connectivity index is 1.87. The molecule has 0 spiro atoms. The van der Waals surface area contributed by atoms with Gasteiger partial charge in [0.1, 0.15) is 5.70 Å². The molecule has 1 aliphatic rings. The van der Waals surface area contributed by atoms with Crippen LogP contribution in [0, 0.1) is 27.7 Å². The van der Waals surface area contributed by atoms with Crippen molar-refractivity contribution >= 4 is 40.4 Å². The van der Waals surface area contributed by atoms with Gasteiger partial charge in [0, 0.05) is 10.7 Å². The highest BCUT2D eigenvalue weighted by molar-refractivity contribution is 6.46. The standard InChI is InChI=1S/C26H23ClN2O2/c1-15-6-5-7-21(12-15)28-24-23(19-9-8-16(2)17(3)13-19)25(30)29(26(24)31)22-11-10-20(27)14-18(22)4/h5-14,28H,1-4H3. The van der Waals surface area contributed by atoms with Gasteiger partial charge < -0.3 is 5.32 Å². The molecule has 3 aromatic rings. The number of aryl methyl sites for hydroxylation is 4. The number of anilines is 2. The van der Waals surface area contributed by atoms with Crippen molar-refractivity contribution in [3.8, 4) is 0 Å². The van der Waals surface area contributed by atoms with Crippen LogP contribution in [-0.4, -0.2) is 11.8 Å². The number of carbonyl (C=O) groups excluding carboxylic acids is 2. The van der Waals surface area contributed by atoms with Crippen molar-refractivity contribution in [2.45, 2.75) is 27.7 Å². The quantitative estimate of drug-likeness (QED) is 0.518. The van der Waals surface area contributed by atoms with Gasteiger partial charge in [0.2, 0.25) is 0 Å². The Hall–Kier alpha value is -3.37. The van der Waals surface area contributed by atoms with Gasteiger partial charge in [-0.3, -0.25) is 9.59 Å². The van der Waals surface area contributed by atoms with E-state index in [1.165, 1.54) is 4.90 Å². The molecule has 0 unspecified atom stereocenters. The zero-order chi connectivity index (χ0) is 22.3. The Bertz CT molecular complexity index is 1260. The maximum Gasteiger partial charge on any atom is 0.282 e. The highest BCUT2D eigenvalue weighted by atomic mass is 35.5. The fraction of sp³-hybridized carbons (Fsp3) is 0.154. The van der Waals surface area contributed by atoms with Crippen molar-refractivity contribution in [3.63, 3.8) is 0 Å². The van der Waals surface area contributed by atoms with Crippen LogP contribution in [-0.2, 0) is 9.59 Å². The van der Waals surface area contributed by atoms with Gasteiger partial charge >= 0.3 is 0 Å². The second-order valence-electron chi connectivity index (χ2n) is 7.92. The van der Waals surface area contributed by atoms with Gasteiger partial charge in [-0.1, -0.05) is 41.9 Å². The van der Waals surface area contributed by atoms with Crippen molar-refractivity contribution in [1.82, 2.24) is 0 Å².